The van der Waals surface area contributed by atoms with E-state index in [0.717, 1.165) is 0 Å². The number of alkyl halides is 3. The molecule has 0 bridgehead atoms. The molecule has 2 aromatic rings. The Bertz CT molecular complexity index is 808. The third-order valence-corrected chi connectivity index (χ3v) is 3.04. The third-order valence-electron chi connectivity index (χ3n) is 3.04. The minimum Gasteiger partial charge on any atom is -0.462 e. The minimum absolute atomic E-state index is 0.0246. The van der Waals surface area contributed by atoms with Crippen LogP contribution in [0, 0.1) is 0 Å². The molecular weight excluding hydrogens is 323 g/mol. The van der Waals surface area contributed by atoms with Gasteiger partial charge in [0.2, 0.25) is 0 Å². The van der Waals surface area contributed by atoms with E-state index in [4.69, 9.17) is 5.73 Å². The average molecular weight is 337 g/mol. The summed E-state index contributed by atoms with van der Waals surface area (Å²) >= 11 is 0. The van der Waals surface area contributed by atoms with Crippen molar-refractivity contribution in [1.82, 2.24) is 4.98 Å². The predicted octanol–water partition coefficient (Wildman–Crippen LogP) is 3.28. The lowest BCUT2D eigenvalue weighted by Gasteiger charge is -2.13. The average Bonchev–Trinajstić information content (AvgIpc) is 2.54. The first-order valence-electron chi connectivity index (χ1n) is 6.97. The van der Waals surface area contributed by atoms with Gasteiger partial charge in [-0.2, -0.15) is 13.2 Å². The number of ether oxygens (including phenoxy) is 1. The number of pyridine rings is 1. The summed E-state index contributed by atoms with van der Waals surface area (Å²) in [7, 11) is 0. The van der Waals surface area contributed by atoms with E-state index in [9.17, 15) is 18.0 Å². The van der Waals surface area contributed by atoms with Crippen molar-refractivity contribution in [3.8, 4) is 0 Å². The molecule has 0 saturated heterocycles. The zero-order valence-electron chi connectivity index (χ0n) is 12.7. The van der Waals surface area contributed by atoms with Crippen LogP contribution in [0.25, 0.3) is 10.9 Å². The topological polar surface area (TPSA) is 77.6 Å². The van der Waals surface area contributed by atoms with Crippen LogP contribution in [0.5, 0.6) is 0 Å². The maximum atomic E-state index is 13.4. The van der Waals surface area contributed by atoms with Crippen LogP contribution in [0.2, 0.25) is 0 Å². The minimum atomic E-state index is -4.89. The number of nitrogens with two attached hydrogens (primary N) is 1. The number of benzene rings is 1. The number of aromatic nitrogens is 1. The quantitative estimate of drug-likeness (QED) is 0.528. The molecule has 1 aromatic heterocycles. The van der Waals surface area contributed by atoms with Crippen molar-refractivity contribution in [3.05, 3.63) is 48.3 Å². The second kappa shape index (κ2) is 7.12. The fourth-order valence-corrected chi connectivity index (χ4v) is 2.03. The Balaban J connectivity index is 2.63. The molecule has 5 nitrogen and oxygen atoms in total. The van der Waals surface area contributed by atoms with E-state index in [1.165, 1.54) is 19.2 Å². The molecule has 0 radical (unpaired) electrons. The monoisotopic (exact) mass is 337 g/mol. The van der Waals surface area contributed by atoms with E-state index < -0.39 is 23.4 Å². The molecule has 24 heavy (non-hydrogen) atoms. The number of para-hydroxylation sites is 1. The van der Waals surface area contributed by atoms with E-state index in [0.29, 0.717) is 17.1 Å². The van der Waals surface area contributed by atoms with Crippen LogP contribution in [0.15, 0.2) is 53.3 Å². The Kier molecular flexibility index (Phi) is 5.18. The van der Waals surface area contributed by atoms with Gasteiger partial charge < -0.3 is 10.5 Å². The van der Waals surface area contributed by atoms with E-state index in [1.54, 1.807) is 24.3 Å². The lowest BCUT2D eigenvalue weighted by atomic mass is 10.1. The molecule has 0 amide bonds. The Hall–Kier alpha value is -2.90. The number of aliphatic imine (C=N–C) groups is 1. The number of fused-ring (bicyclic) bond motifs is 1. The molecule has 0 aliphatic carbocycles. The third kappa shape index (κ3) is 3.70. The van der Waals surface area contributed by atoms with E-state index in [2.05, 4.69) is 14.7 Å². The second-order valence-corrected chi connectivity index (χ2v) is 4.61. The lowest BCUT2D eigenvalue weighted by Crippen LogP contribution is -2.30. The Morgan fingerprint density at radius 1 is 1.33 bits per heavy atom. The van der Waals surface area contributed by atoms with Gasteiger partial charge >= 0.3 is 12.1 Å². The second-order valence-electron chi connectivity index (χ2n) is 4.61. The number of nitrogens with zero attached hydrogens (tertiary/aromatic N) is 2. The van der Waals surface area contributed by atoms with Crippen LogP contribution in [0.3, 0.4) is 0 Å². The highest BCUT2D eigenvalue weighted by Gasteiger charge is 2.41. The van der Waals surface area contributed by atoms with Gasteiger partial charge in [-0.3, -0.25) is 4.98 Å². The van der Waals surface area contributed by atoms with Crippen LogP contribution in [0.4, 0.5) is 18.9 Å². The van der Waals surface area contributed by atoms with E-state index in [-0.39, 0.29) is 12.3 Å². The number of esters is 1. The summed E-state index contributed by atoms with van der Waals surface area (Å²) in [5.41, 5.74) is 3.46. The molecule has 2 rings (SSSR count). The van der Waals surface area contributed by atoms with Gasteiger partial charge in [-0.25, -0.2) is 9.79 Å². The fourth-order valence-electron chi connectivity index (χ4n) is 2.03. The van der Waals surface area contributed by atoms with Crippen molar-refractivity contribution in [2.75, 3.05) is 6.61 Å². The molecule has 8 heteroatoms. The van der Waals surface area contributed by atoms with Crippen LogP contribution in [-0.4, -0.2) is 29.4 Å². The summed E-state index contributed by atoms with van der Waals surface area (Å²) in [6.45, 7) is 1.40. The Morgan fingerprint density at radius 2 is 2.04 bits per heavy atom. The van der Waals surface area contributed by atoms with Crippen molar-refractivity contribution < 1.29 is 22.7 Å². The molecule has 1 aromatic carbocycles. The van der Waals surface area contributed by atoms with Gasteiger partial charge in [-0.1, -0.05) is 18.2 Å². The summed E-state index contributed by atoms with van der Waals surface area (Å²) in [5.74, 6) is -1.19. The molecular formula is C16H14F3N3O2. The summed E-state index contributed by atoms with van der Waals surface area (Å²) < 4.78 is 44.8. The van der Waals surface area contributed by atoms with Crippen molar-refractivity contribution in [2.45, 2.75) is 13.1 Å². The zero-order valence-corrected chi connectivity index (χ0v) is 12.7. The maximum absolute atomic E-state index is 13.4. The molecule has 0 fully saturated rings. The maximum Gasteiger partial charge on any atom is 0.434 e. The molecule has 2 N–H and O–H groups in total. The van der Waals surface area contributed by atoms with E-state index >= 15 is 0 Å². The largest absolute Gasteiger partial charge is 0.462 e. The SMILES string of the molecule is CCOC(=O)C(=CN)C(=Nc1ccnc2ccccc12)C(F)(F)F. The first-order chi connectivity index (χ1) is 11.4. The summed E-state index contributed by atoms with van der Waals surface area (Å²) in [6, 6.07) is 7.92. The van der Waals surface area contributed by atoms with Gasteiger partial charge in [0, 0.05) is 17.8 Å². The number of hydrogen-bond donors (Lipinski definition) is 1. The first-order valence-corrected chi connectivity index (χ1v) is 6.97. The Morgan fingerprint density at radius 3 is 2.67 bits per heavy atom. The summed E-state index contributed by atoms with van der Waals surface area (Å²) in [4.78, 5) is 19.4. The van der Waals surface area contributed by atoms with Gasteiger partial charge in [0.1, 0.15) is 5.57 Å². The normalized spacial score (nSPS) is 13.2. The number of halogens is 3. The molecule has 0 atom stereocenters. The van der Waals surface area contributed by atoms with E-state index in [1.807, 2.05) is 0 Å². The Labute approximate surface area is 135 Å². The van der Waals surface area contributed by atoms with Gasteiger partial charge in [0.05, 0.1) is 17.8 Å². The molecule has 0 unspecified atom stereocenters. The summed E-state index contributed by atoms with van der Waals surface area (Å²) in [6.07, 6.45) is -3.00. The molecule has 0 aliphatic rings. The molecule has 0 spiro atoms. The lowest BCUT2D eigenvalue weighted by molar-refractivity contribution is -0.138. The predicted molar refractivity (Wildman–Crippen MR) is 83.8 cm³/mol. The first kappa shape index (κ1) is 17.5. The van der Waals surface area contributed by atoms with Crippen molar-refractivity contribution in [2.24, 2.45) is 10.7 Å². The number of hydrogen-bond acceptors (Lipinski definition) is 5. The zero-order chi connectivity index (χ0) is 17.7. The fraction of sp³-hybridized carbons (Fsp3) is 0.188. The molecule has 1 heterocycles. The highest BCUT2D eigenvalue weighted by Crippen LogP contribution is 2.30. The van der Waals surface area contributed by atoms with Gasteiger partial charge in [0.25, 0.3) is 0 Å². The van der Waals surface area contributed by atoms with Gasteiger partial charge in [0.15, 0.2) is 5.71 Å². The van der Waals surface area contributed by atoms with Gasteiger partial charge in [-0.05, 0) is 19.1 Å². The number of rotatable bonds is 4. The van der Waals surface area contributed by atoms with Crippen molar-refractivity contribution >= 4 is 28.3 Å². The number of carbonyl (C=O) groups excluding carboxylic acids is 1. The van der Waals surface area contributed by atoms with Crippen LogP contribution >= 0.6 is 0 Å². The highest BCUT2D eigenvalue weighted by molar-refractivity contribution is 6.23. The standard InChI is InChI=1S/C16H14F3N3O2/c1-2-24-15(23)11(9-20)14(16(17,18)19)22-13-7-8-21-12-6-4-3-5-10(12)13/h3-9H,2,20H2,1H3. The highest BCUT2D eigenvalue weighted by atomic mass is 19.4. The summed E-state index contributed by atoms with van der Waals surface area (Å²) in [5, 5.41) is 0.419. The smallest absolute Gasteiger partial charge is 0.434 e. The van der Waals surface area contributed by atoms with Crippen LogP contribution in [-0.2, 0) is 9.53 Å². The van der Waals surface area contributed by atoms with Crippen LogP contribution in [0.1, 0.15) is 6.92 Å². The number of carbonyl (C=O) groups is 1. The van der Waals surface area contributed by atoms with Crippen molar-refractivity contribution in [3.63, 3.8) is 0 Å². The van der Waals surface area contributed by atoms with Crippen molar-refractivity contribution in [1.29, 1.82) is 0 Å². The molecule has 0 aliphatic heterocycles. The molecule has 126 valence electrons. The molecule has 0 saturated carbocycles. The van der Waals surface area contributed by atoms with Crippen LogP contribution < -0.4 is 5.73 Å². The van der Waals surface area contributed by atoms with Gasteiger partial charge in [-0.15, -0.1) is 0 Å².